The van der Waals surface area contributed by atoms with Crippen LogP contribution in [0.3, 0.4) is 0 Å². The number of fused-ring (bicyclic) bond motifs is 1. The number of aliphatic hydroxyl groups is 1. The van der Waals surface area contributed by atoms with Gasteiger partial charge in [-0.25, -0.2) is 8.91 Å². The fourth-order valence-corrected chi connectivity index (χ4v) is 4.27. The minimum Gasteiger partial charge on any atom is -0.394 e. The molecule has 0 bridgehead atoms. The van der Waals surface area contributed by atoms with Crippen LogP contribution in [0.5, 0.6) is 0 Å². The highest BCUT2D eigenvalue weighted by Gasteiger charge is 2.24. The molecule has 0 radical (unpaired) electrons. The van der Waals surface area contributed by atoms with Crippen molar-refractivity contribution in [2.24, 2.45) is 0 Å². The molecule has 9 nitrogen and oxygen atoms in total. The summed E-state index contributed by atoms with van der Waals surface area (Å²) in [5.74, 6) is -1.04. The van der Waals surface area contributed by atoms with Crippen LogP contribution in [0.15, 0.2) is 48.0 Å². The van der Waals surface area contributed by atoms with Crippen LogP contribution in [0, 0.1) is 5.82 Å². The molecular formula is C24H25FN6O3S. The quantitative estimate of drug-likeness (QED) is 0.310. The molecule has 0 aliphatic carbocycles. The van der Waals surface area contributed by atoms with Gasteiger partial charge in [0, 0.05) is 11.8 Å². The Hall–Kier alpha value is -3.83. The fraction of sp³-hybridized carbons (Fsp3) is 0.250. The summed E-state index contributed by atoms with van der Waals surface area (Å²) in [6.07, 6.45) is 1.68. The van der Waals surface area contributed by atoms with Crippen molar-refractivity contribution in [1.29, 1.82) is 0 Å². The minimum atomic E-state index is -0.843. The predicted octanol–water partition coefficient (Wildman–Crippen LogP) is 3.17. The Morgan fingerprint density at radius 1 is 1.20 bits per heavy atom. The molecule has 4 aromatic rings. The molecule has 35 heavy (non-hydrogen) atoms. The summed E-state index contributed by atoms with van der Waals surface area (Å²) in [7, 11) is 0. The van der Waals surface area contributed by atoms with Gasteiger partial charge in [-0.1, -0.05) is 12.1 Å². The Morgan fingerprint density at radius 2 is 1.91 bits per heavy atom. The third-order valence-electron chi connectivity index (χ3n) is 5.42. The molecule has 4 rings (SSSR count). The minimum absolute atomic E-state index is 0.0118. The number of pyridine rings is 1. The van der Waals surface area contributed by atoms with Crippen molar-refractivity contribution in [2.45, 2.75) is 32.4 Å². The second-order valence-electron chi connectivity index (χ2n) is 8.82. The number of halogens is 1. The number of aliphatic hydroxyl groups excluding tert-OH is 1. The van der Waals surface area contributed by atoms with Crippen LogP contribution in [-0.2, 0) is 0 Å². The maximum absolute atomic E-state index is 13.2. The number of benzene rings is 1. The third-order valence-corrected chi connectivity index (χ3v) is 6.34. The maximum Gasteiger partial charge on any atom is 0.261 e. The van der Waals surface area contributed by atoms with E-state index in [1.807, 2.05) is 6.92 Å². The summed E-state index contributed by atoms with van der Waals surface area (Å²) in [4.78, 5) is 30.4. The number of nitrogens with two attached hydrogens (primary N) is 1. The van der Waals surface area contributed by atoms with Gasteiger partial charge in [0.15, 0.2) is 5.65 Å². The van der Waals surface area contributed by atoms with Crippen molar-refractivity contribution in [3.63, 3.8) is 0 Å². The molecule has 1 atom stereocenters. The number of hydrogen-bond donors (Lipinski definition) is 4. The molecule has 0 unspecified atom stereocenters. The number of nitrogens with zero attached hydrogens (tertiary/aromatic N) is 3. The zero-order valence-electron chi connectivity index (χ0n) is 19.4. The van der Waals surface area contributed by atoms with Crippen LogP contribution < -0.4 is 16.4 Å². The van der Waals surface area contributed by atoms with Crippen molar-refractivity contribution in [2.75, 3.05) is 12.3 Å². The van der Waals surface area contributed by atoms with Crippen molar-refractivity contribution in [3.8, 4) is 11.1 Å². The van der Waals surface area contributed by atoms with Crippen molar-refractivity contribution >= 4 is 34.7 Å². The zero-order valence-corrected chi connectivity index (χ0v) is 20.2. The van der Waals surface area contributed by atoms with E-state index in [-0.39, 0.29) is 41.5 Å². The standard InChI is InChI=1S/C24H25FN6O3S/c1-13(14-4-6-17(25)7-5-14)27-22(34)19-9-16(11-35-19)15-8-18(21(33)29-24(2,3)12-32)20-28-23(26)30-31(20)10-15/h4-11,13,32H,12H2,1-3H3,(H2,26,30)(H,27,34)(H,29,33)/t13-/m0/s1. The second kappa shape index (κ2) is 9.43. The lowest BCUT2D eigenvalue weighted by Crippen LogP contribution is -2.46. The first-order valence-electron chi connectivity index (χ1n) is 10.8. The van der Waals surface area contributed by atoms with Crippen molar-refractivity contribution in [3.05, 3.63) is 69.8 Å². The van der Waals surface area contributed by atoms with Crippen LogP contribution in [0.4, 0.5) is 10.3 Å². The van der Waals surface area contributed by atoms with Gasteiger partial charge in [-0.15, -0.1) is 16.4 Å². The molecule has 0 saturated carbocycles. The van der Waals surface area contributed by atoms with Gasteiger partial charge in [0.2, 0.25) is 5.95 Å². The number of amides is 2. The molecule has 3 aromatic heterocycles. The molecule has 0 saturated heterocycles. The summed E-state index contributed by atoms with van der Waals surface area (Å²) in [6.45, 7) is 4.96. The number of carbonyl (C=O) groups excluding carboxylic acids is 2. The number of rotatable bonds is 7. The highest BCUT2D eigenvalue weighted by molar-refractivity contribution is 7.12. The summed E-state index contributed by atoms with van der Waals surface area (Å²) in [5, 5.41) is 21.1. The number of carbonyl (C=O) groups is 2. The van der Waals surface area contributed by atoms with E-state index in [2.05, 4.69) is 20.7 Å². The number of nitrogen functional groups attached to an aromatic ring is 1. The maximum atomic E-state index is 13.2. The van der Waals surface area contributed by atoms with E-state index in [1.165, 1.54) is 28.0 Å². The number of hydrogen-bond acceptors (Lipinski definition) is 7. The Labute approximate surface area is 204 Å². The van der Waals surface area contributed by atoms with Crippen molar-refractivity contribution < 1.29 is 19.1 Å². The van der Waals surface area contributed by atoms with E-state index in [0.29, 0.717) is 16.0 Å². The first-order chi connectivity index (χ1) is 16.6. The normalized spacial score (nSPS) is 12.5. The molecule has 2 amide bonds. The lowest BCUT2D eigenvalue weighted by Gasteiger charge is -2.23. The number of thiophene rings is 1. The van der Waals surface area contributed by atoms with Gasteiger partial charge >= 0.3 is 0 Å². The van der Waals surface area contributed by atoms with E-state index in [1.54, 1.807) is 49.7 Å². The largest absolute Gasteiger partial charge is 0.394 e. The molecule has 182 valence electrons. The Kier molecular flexibility index (Phi) is 6.55. The highest BCUT2D eigenvalue weighted by atomic mass is 32.1. The Morgan fingerprint density at radius 3 is 2.60 bits per heavy atom. The Balaban J connectivity index is 1.61. The molecule has 0 spiro atoms. The molecule has 0 fully saturated rings. The zero-order chi connectivity index (χ0) is 25.3. The van der Waals surface area contributed by atoms with Crippen LogP contribution in [0.1, 0.15) is 52.4 Å². The van der Waals surface area contributed by atoms with Crippen LogP contribution in [0.2, 0.25) is 0 Å². The summed E-state index contributed by atoms with van der Waals surface area (Å²) in [6, 6.07) is 9.02. The fourth-order valence-electron chi connectivity index (χ4n) is 3.45. The van der Waals surface area contributed by atoms with E-state index >= 15 is 0 Å². The molecule has 11 heteroatoms. The molecule has 3 heterocycles. The Bertz CT molecular complexity index is 1400. The van der Waals surface area contributed by atoms with Gasteiger partial charge in [0.25, 0.3) is 11.8 Å². The second-order valence-corrected chi connectivity index (χ2v) is 9.73. The van der Waals surface area contributed by atoms with E-state index in [0.717, 1.165) is 5.56 Å². The monoisotopic (exact) mass is 496 g/mol. The van der Waals surface area contributed by atoms with Crippen molar-refractivity contribution in [1.82, 2.24) is 25.2 Å². The van der Waals surface area contributed by atoms with Gasteiger partial charge in [0.05, 0.1) is 28.6 Å². The number of nitrogens with one attached hydrogen (secondary N) is 2. The first-order valence-corrected chi connectivity index (χ1v) is 11.7. The molecule has 0 aliphatic rings. The smallest absolute Gasteiger partial charge is 0.261 e. The van der Waals surface area contributed by atoms with E-state index in [9.17, 15) is 19.1 Å². The van der Waals surface area contributed by atoms with Crippen LogP contribution >= 0.6 is 11.3 Å². The average Bonchev–Trinajstić information content (AvgIpc) is 3.44. The van der Waals surface area contributed by atoms with Gasteiger partial charge < -0.3 is 21.5 Å². The molecular weight excluding hydrogens is 471 g/mol. The van der Waals surface area contributed by atoms with Crippen LogP contribution in [-0.4, -0.2) is 43.7 Å². The van der Waals surface area contributed by atoms with Gasteiger partial charge in [-0.05, 0) is 61.5 Å². The first kappa shape index (κ1) is 24.3. The van der Waals surface area contributed by atoms with Crippen LogP contribution in [0.25, 0.3) is 16.8 Å². The highest BCUT2D eigenvalue weighted by Crippen LogP contribution is 2.28. The lowest BCUT2D eigenvalue weighted by molar-refractivity contribution is 0.0869. The molecule has 1 aromatic carbocycles. The summed E-state index contributed by atoms with van der Waals surface area (Å²) in [5.41, 5.74) is 7.56. The predicted molar refractivity (Wildman–Crippen MR) is 132 cm³/mol. The van der Waals surface area contributed by atoms with Gasteiger partial charge in [-0.2, -0.15) is 4.98 Å². The average molecular weight is 497 g/mol. The third kappa shape index (κ3) is 5.31. The molecule has 0 aliphatic heterocycles. The lowest BCUT2D eigenvalue weighted by atomic mass is 10.0. The summed E-state index contributed by atoms with van der Waals surface area (Å²) < 4.78 is 14.6. The summed E-state index contributed by atoms with van der Waals surface area (Å²) >= 11 is 1.25. The van der Waals surface area contributed by atoms with E-state index < -0.39 is 11.4 Å². The SMILES string of the molecule is C[C@H](NC(=O)c1cc(-c2cc(C(=O)NC(C)(C)CO)c3nc(N)nn3c2)cs1)c1ccc(F)cc1. The number of anilines is 1. The van der Waals surface area contributed by atoms with E-state index in [4.69, 9.17) is 5.73 Å². The van der Waals surface area contributed by atoms with Gasteiger partial charge in [-0.3, -0.25) is 9.59 Å². The molecule has 5 N–H and O–H groups in total. The van der Waals surface area contributed by atoms with Gasteiger partial charge in [0.1, 0.15) is 5.82 Å². The topological polar surface area (TPSA) is 135 Å². The number of aromatic nitrogens is 3.